The molecule has 2 N–H and O–H groups in total. The summed E-state index contributed by atoms with van der Waals surface area (Å²) in [4.78, 5) is 5.17. The van der Waals surface area contributed by atoms with E-state index in [1.54, 1.807) is 0 Å². The Morgan fingerprint density at radius 2 is 1.14 bits per heavy atom. The fraction of sp³-hybridized carbons (Fsp3) is 0.0392. The molecule has 8 aromatic carbocycles. The van der Waals surface area contributed by atoms with Gasteiger partial charge in [0.1, 0.15) is 34.9 Å². The molecule has 6 nitrogen and oxygen atoms in total. The van der Waals surface area contributed by atoms with E-state index >= 15 is 0 Å². The molecule has 0 saturated carbocycles. The van der Waals surface area contributed by atoms with Crippen molar-refractivity contribution in [1.29, 1.82) is 0 Å². The van der Waals surface area contributed by atoms with Gasteiger partial charge in [0, 0.05) is 43.4 Å². The Hall–Kier alpha value is -7.41. The minimum absolute atomic E-state index is 0.109. The zero-order valence-electron chi connectivity index (χ0n) is 30.7. The number of nitrogens with one attached hydrogen (secondary N) is 2. The van der Waals surface area contributed by atoms with Gasteiger partial charge in [0.2, 0.25) is 0 Å². The van der Waals surface area contributed by atoms with Gasteiger partial charge in [0.15, 0.2) is 5.58 Å². The molecule has 1 aliphatic heterocycles. The van der Waals surface area contributed by atoms with Crippen LogP contribution >= 0.6 is 0 Å². The van der Waals surface area contributed by atoms with Crippen LogP contribution in [-0.2, 0) is 0 Å². The number of benzene rings is 8. The summed E-state index contributed by atoms with van der Waals surface area (Å²) >= 11 is 0. The van der Waals surface area contributed by atoms with E-state index in [0.29, 0.717) is 0 Å². The minimum Gasteiger partial charge on any atom is -0.456 e. The maximum atomic E-state index is 6.95. The molecular weight excluding hydrogens is 701 g/mol. The van der Waals surface area contributed by atoms with E-state index in [2.05, 4.69) is 173 Å². The highest BCUT2D eigenvalue weighted by atomic mass is 16.3. The number of hydrogen-bond donors (Lipinski definition) is 2. The van der Waals surface area contributed by atoms with Gasteiger partial charge in [-0.3, -0.25) is 5.32 Å². The molecule has 0 bridgehead atoms. The first-order valence-electron chi connectivity index (χ1n) is 19.4. The standard InChI is InChI=1S/C51H34N4O2/c1-3-13-31(14-4-1)49-52-50(32-15-5-2-6-16-32)54-51(53-49)34-26-28-45-41(29-34)38-27-25-33(30-46(38)56-45)35-19-11-20-39-40-21-12-24-44(48(40)57-47(35)39)55-42-22-9-7-17-36(42)37-18-8-10-23-43(37)55/h1-30,49,51,53H,(H,52,54). The van der Waals surface area contributed by atoms with Crippen molar-refractivity contribution in [2.24, 2.45) is 4.99 Å². The number of amidine groups is 1. The Labute approximate surface area is 327 Å². The number of hydrogen-bond acceptors (Lipinski definition) is 5. The molecule has 2 unspecified atom stereocenters. The van der Waals surface area contributed by atoms with Crippen molar-refractivity contribution in [3.05, 3.63) is 199 Å². The van der Waals surface area contributed by atoms with E-state index < -0.39 is 0 Å². The Morgan fingerprint density at radius 1 is 0.456 bits per heavy atom. The molecule has 11 aromatic rings. The van der Waals surface area contributed by atoms with Crippen molar-refractivity contribution < 1.29 is 8.83 Å². The van der Waals surface area contributed by atoms with E-state index in [-0.39, 0.29) is 12.3 Å². The molecule has 0 saturated heterocycles. The van der Waals surface area contributed by atoms with Crippen molar-refractivity contribution in [2.45, 2.75) is 12.3 Å². The highest BCUT2D eigenvalue weighted by molar-refractivity contribution is 6.15. The highest BCUT2D eigenvalue weighted by Crippen LogP contribution is 2.42. The monoisotopic (exact) mass is 734 g/mol. The average Bonchev–Trinajstić information content (AvgIpc) is 3.96. The van der Waals surface area contributed by atoms with Crippen LogP contribution in [-0.4, -0.2) is 10.4 Å². The molecular formula is C51H34N4O2. The Balaban J connectivity index is 0.958. The third kappa shape index (κ3) is 5.04. The second-order valence-corrected chi connectivity index (χ2v) is 14.8. The molecule has 0 radical (unpaired) electrons. The van der Waals surface area contributed by atoms with Crippen molar-refractivity contribution in [3.63, 3.8) is 0 Å². The Kier molecular flexibility index (Phi) is 7.03. The number of furan rings is 2. The number of nitrogens with zero attached hydrogens (tertiary/aromatic N) is 2. The molecule has 0 amide bonds. The van der Waals surface area contributed by atoms with E-state index in [9.17, 15) is 0 Å². The third-order valence-electron chi connectivity index (χ3n) is 11.5. The van der Waals surface area contributed by atoms with Crippen molar-refractivity contribution in [3.8, 4) is 16.8 Å². The molecule has 2 atom stereocenters. The van der Waals surface area contributed by atoms with E-state index in [0.717, 1.165) is 94.3 Å². The average molecular weight is 735 g/mol. The lowest BCUT2D eigenvalue weighted by Gasteiger charge is -2.32. The second-order valence-electron chi connectivity index (χ2n) is 14.8. The lowest BCUT2D eigenvalue weighted by Crippen LogP contribution is -2.44. The van der Waals surface area contributed by atoms with Crippen LogP contribution in [0.15, 0.2) is 196 Å². The van der Waals surface area contributed by atoms with Gasteiger partial charge in [-0.25, -0.2) is 4.99 Å². The molecule has 57 heavy (non-hydrogen) atoms. The van der Waals surface area contributed by atoms with Crippen LogP contribution in [0.25, 0.3) is 82.5 Å². The van der Waals surface area contributed by atoms with Gasteiger partial charge in [-0.05, 0) is 59.2 Å². The maximum absolute atomic E-state index is 6.95. The summed E-state index contributed by atoms with van der Waals surface area (Å²) in [5.74, 6) is 0.858. The third-order valence-corrected chi connectivity index (χ3v) is 11.5. The maximum Gasteiger partial charge on any atom is 0.159 e. The van der Waals surface area contributed by atoms with E-state index in [1.165, 1.54) is 10.8 Å². The van der Waals surface area contributed by atoms with Crippen molar-refractivity contribution in [1.82, 2.24) is 15.2 Å². The Bertz CT molecular complexity index is 3320. The normalized spacial score (nSPS) is 15.9. The lowest BCUT2D eigenvalue weighted by molar-refractivity contribution is 0.409. The molecule has 4 heterocycles. The summed E-state index contributed by atoms with van der Waals surface area (Å²) in [6.45, 7) is 0. The van der Waals surface area contributed by atoms with Crippen LogP contribution in [0.3, 0.4) is 0 Å². The fourth-order valence-corrected chi connectivity index (χ4v) is 8.81. The number of aromatic nitrogens is 1. The van der Waals surface area contributed by atoms with Crippen LogP contribution in [0.1, 0.15) is 29.0 Å². The van der Waals surface area contributed by atoms with Crippen molar-refractivity contribution in [2.75, 3.05) is 0 Å². The first-order valence-corrected chi connectivity index (χ1v) is 19.4. The van der Waals surface area contributed by atoms with Crippen LogP contribution in [0.5, 0.6) is 0 Å². The Morgan fingerprint density at radius 3 is 1.93 bits per heavy atom. The zero-order chi connectivity index (χ0) is 37.5. The number of fused-ring (bicyclic) bond motifs is 9. The van der Waals surface area contributed by atoms with Crippen LogP contribution in [0.4, 0.5) is 0 Å². The molecule has 0 aliphatic carbocycles. The molecule has 0 spiro atoms. The van der Waals surface area contributed by atoms with Gasteiger partial charge < -0.3 is 18.7 Å². The molecule has 6 heteroatoms. The summed E-state index contributed by atoms with van der Waals surface area (Å²) in [6, 6.07) is 63.7. The van der Waals surface area contributed by atoms with Crippen LogP contribution in [0, 0.1) is 0 Å². The quantitative estimate of drug-likeness (QED) is 0.185. The van der Waals surface area contributed by atoms with Gasteiger partial charge >= 0.3 is 0 Å². The summed E-state index contributed by atoms with van der Waals surface area (Å²) in [5.41, 5.74) is 12.0. The first kappa shape index (κ1) is 31.9. The molecule has 3 aromatic heterocycles. The zero-order valence-corrected chi connectivity index (χ0v) is 30.7. The van der Waals surface area contributed by atoms with Crippen molar-refractivity contribution >= 4 is 71.5 Å². The van der Waals surface area contributed by atoms with Gasteiger partial charge in [-0.2, -0.15) is 0 Å². The highest BCUT2D eigenvalue weighted by Gasteiger charge is 2.26. The predicted molar refractivity (Wildman–Crippen MR) is 232 cm³/mol. The number of rotatable bonds is 5. The molecule has 12 rings (SSSR count). The van der Waals surface area contributed by atoms with Gasteiger partial charge in [-0.1, -0.05) is 140 Å². The van der Waals surface area contributed by atoms with E-state index in [4.69, 9.17) is 13.8 Å². The van der Waals surface area contributed by atoms with Gasteiger partial charge in [-0.15, -0.1) is 0 Å². The second kappa shape index (κ2) is 12.6. The number of aliphatic imine (C=N–C) groups is 1. The molecule has 0 fully saturated rings. The molecule has 1 aliphatic rings. The van der Waals surface area contributed by atoms with E-state index in [1.807, 2.05) is 24.3 Å². The predicted octanol–water partition coefficient (Wildman–Crippen LogP) is 12.6. The molecule has 270 valence electrons. The van der Waals surface area contributed by atoms with Gasteiger partial charge in [0.05, 0.1) is 16.7 Å². The minimum atomic E-state index is -0.265. The first-order chi connectivity index (χ1) is 28.2. The fourth-order valence-electron chi connectivity index (χ4n) is 8.81. The summed E-state index contributed by atoms with van der Waals surface area (Å²) < 4.78 is 15.8. The lowest BCUT2D eigenvalue weighted by atomic mass is 10.00. The largest absolute Gasteiger partial charge is 0.456 e. The topological polar surface area (TPSA) is 67.6 Å². The van der Waals surface area contributed by atoms with Gasteiger partial charge in [0.25, 0.3) is 0 Å². The smallest absolute Gasteiger partial charge is 0.159 e. The number of para-hydroxylation sites is 4. The summed E-state index contributed by atoms with van der Waals surface area (Å²) in [5, 5.41) is 14.1. The summed E-state index contributed by atoms with van der Waals surface area (Å²) in [6.07, 6.45) is -0.374. The SMILES string of the molecule is c1ccc(C2=NC(c3ccc4oc5cc(-c6cccc7c6oc6c(-n8c9ccccc9c9ccccc98)cccc67)ccc5c4c3)NC(c3ccccc3)N2)cc1. The van der Waals surface area contributed by atoms with Crippen LogP contribution in [0.2, 0.25) is 0 Å². The summed E-state index contributed by atoms with van der Waals surface area (Å²) in [7, 11) is 0. The van der Waals surface area contributed by atoms with Crippen LogP contribution < -0.4 is 10.6 Å².